The summed E-state index contributed by atoms with van der Waals surface area (Å²) < 4.78 is 5.92. The Morgan fingerprint density at radius 1 is 1.50 bits per heavy atom. The summed E-state index contributed by atoms with van der Waals surface area (Å²) in [5, 5.41) is 13.9. The maximum absolute atomic E-state index is 11.9. The number of amides is 2. The van der Waals surface area contributed by atoms with Crippen LogP contribution in [0.4, 0.5) is 10.6 Å². The van der Waals surface area contributed by atoms with Crippen LogP contribution >= 0.6 is 0 Å². The molecule has 126 valence electrons. The third-order valence-electron chi connectivity index (χ3n) is 4.02. The molecule has 1 saturated carbocycles. The third-order valence-corrected chi connectivity index (χ3v) is 4.02. The van der Waals surface area contributed by atoms with Gasteiger partial charge in [0.2, 0.25) is 0 Å². The minimum atomic E-state index is -0.518. The average Bonchev–Trinajstić information content (AvgIpc) is 3.36. The predicted octanol–water partition coefficient (Wildman–Crippen LogP) is 3.58. The van der Waals surface area contributed by atoms with Crippen molar-refractivity contribution in [2.45, 2.75) is 32.3 Å². The monoisotopic (exact) mass is 328 g/mol. The number of nitrogens with one attached hydrogen (secondary N) is 3. The number of carbonyl (C=O) groups excluding carboxylic acids is 1. The number of rotatable bonds is 6. The van der Waals surface area contributed by atoms with Crippen LogP contribution in [0.15, 0.2) is 29.5 Å². The predicted molar refractivity (Wildman–Crippen MR) is 88.0 cm³/mol. The summed E-state index contributed by atoms with van der Waals surface area (Å²) in [6.07, 6.45) is 2.21. The van der Waals surface area contributed by atoms with Gasteiger partial charge in [0.05, 0.1) is 5.56 Å². The molecule has 1 aliphatic carbocycles. The molecule has 0 spiro atoms. The van der Waals surface area contributed by atoms with Crippen LogP contribution < -0.4 is 10.1 Å². The first-order chi connectivity index (χ1) is 11.6. The van der Waals surface area contributed by atoms with Gasteiger partial charge in [-0.05, 0) is 31.4 Å². The standard InChI is InChI=1S/C16H20N6O2/c1-10-5-3-4-6-13(10)24-9-12-14(11-7-8-11)19-20-15(12)18-16(23)22(2)21-17/h3-6,11,17H,7-9H2,1-2H3,(H2,18,19,20,23). The van der Waals surface area contributed by atoms with Crippen LogP contribution in [0.5, 0.6) is 5.75 Å². The molecule has 24 heavy (non-hydrogen) atoms. The van der Waals surface area contributed by atoms with Gasteiger partial charge >= 0.3 is 6.03 Å². The van der Waals surface area contributed by atoms with Gasteiger partial charge in [0.15, 0.2) is 5.82 Å². The quantitative estimate of drug-likeness (QED) is 0.557. The lowest BCUT2D eigenvalue weighted by molar-refractivity contribution is 0.219. The summed E-state index contributed by atoms with van der Waals surface area (Å²) in [6, 6.07) is 7.27. The van der Waals surface area contributed by atoms with Gasteiger partial charge in [-0.1, -0.05) is 23.4 Å². The fourth-order valence-corrected chi connectivity index (χ4v) is 2.43. The smallest absolute Gasteiger partial charge is 0.344 e. The number of urea groups is 1. The Morgan fingerprint density at radius 3 is 2.92 bits per heavy atom. The van der Waals surface area contributed by atoms with Crippen LogP contribution in [0.3, 0.4) is 0 Å². The number of para-hydroxylation sites is 1. The van der Waals surface area contributed by atoms with Crippen LogP contribution in [-0.4, -0.2) is 28.3 Å². The molecule has 0 bridgehead atoms. The lowest BCUT2D eigenvalue weighted by Gasteiger charge is -2.12. The SMILES string of the molecule is Cc1ccccc1OCc1c(NC(=O)N(C)N=N)n[nH]c1C1CC1. The molecular formula is C16H20N6O2. The van der Waals surface area contributed by atoms with Crippen molar-refractivity contribution in [3.8, 4) is 5.75 Å². The lowest BCUT2D eigenvalue weighted by Crippen LogP contribution is -2.27. The van der Waals surface area contributed by atoms with Crippen molar-refractivity contribution in [2.75, 3.05) is 12.4 Å². The molecular weight excluding hydrogens is 308 g/mol. The molecule has 3 rings (SSSR count). The number of ether oxygens (including phenoxy) is 1. The van der Waals surface area contributed by atoms with Crippen LogP contribution in [0.1, 0.15) is 35.6 Å². The second-order valence-electron chi connectivity index (χ2n) is 5.85. The van der Waals surface area contributed by atoms with Gasteiger partial charge in [-0.2, -0.15) is 15.6 Å². The van der Waals surface area contributed by atoms with Gasteiger partial charge in [0.1, 0.15) is 12.4 Å². The number of carbonyl (C=O) groups is 1. The Kier molecular flexibility index (Phi) is 4.45. The summed E-state index contributed by atoms with van der Waals surface area (Å²) in [4.78, 5) is 11.9. The van der Waals surface area contributed by atoms with E-state index in [4.69, 9.17) is 10.3 Å². The summed E-state index contributed by atoms with van der Waals surface area (Å²) >= 11 is 0. The number of anilines is 1. The van der Waals surface area contributed by atoms with Crippen molar-refractivity contribution in [2.24, 2.45) is 5.22 Å². The van der Waals surface area contributed by atoms with Crippen LogP contribution in [-0.2, 0) is 6.61 Å². The van der Waals surface area contributed by atoms with Crippen LogP contribution in [0.25, 0.3) is 0 Å². The molecule has 8 heteroatoms. The van der Waals surface area contributed by atoms with E-state index in [0.29, 0.717) is 18.3 Å². The molecule has 1 aromatic heterocycles. The first kappa shape index (κ1) is 16.0. The van der Waals surface area contributed by atoms with Crippen molar-refractivity contribution < 1.29 is 9.53 Å². The Bertz CT molecular complexity index is 753. The number of benzene rings is 1. The molecule has 0 aliphatic heterocycles. The molecule has 0 saturated heterocycles. The molecule has 0 unspecified atom stereocenters. The highest BCUT2D eigenvalue weighted by Crippen LogP contribution is 2.42. The van der Waals surface area contributed by atoms with E-state index in [1.54, 1.807) is 0 Å². The number of aromatic amines is 1. The zero-order valence-corrected chi connectivity index (χ0v) is 13.7. The van der Waals surface area contributed by atoms with Crippen molar-refractivity contribution in [1.82, 2.24) is 15.2 Å². The fraction of sp³-hybridized carbons (Fsp3) is 0.375. The minimum Gasteiger partial charge on any atom is -0.488 e. The first-order valence-electron chi connectivity index (χ1n) is 7.77. The van der Waals surface area contributed by atoms with E-state index >= 15 is 0 Å². The van der Waals surface area contributed by atoms with E-state index in [2.05, 4.69) is 20.7 Å². The van der Waals surface area contributed by atoms with Crippen molar-refractivity contribution >= 4 is 11.8 Å². The lowest BCUT2D eigenvalue weighted by atomic mass is 10.1. The largest absolute Gasteiger partial charge is 0.488 e. The summed E-state index contributed by atoms with van der Waals surface area (Å²) in [7, 11) is 1.40. The number of aryl methyl sites for hydroxylation is 1. The van der Waals surface area contributed by atoms with Gasteiger partial charge in [0, 0.05) is 18.7 Å². The molecule has 8 nitrogen and oxygen atoms in total. The molecule has 1 aliphatic rings. The number of H-pyrrole nitrogens is 1. The van der Waals surface area contributed by atoms with Gasteiger partial charge in [-0.3, -0.25) is 10.4 Å². The summed E-state index contributed by atoms with van der Waals surface area (Å²) in [5.74, 6) is 1.67. The molecule has 1 heterocycles. The molecule has 1 fully saturated rings. The van der Waals surface area contributed by atoms with E-state index in [-0.39, 0.29) is 0 Å². The highest BCUT2D eigenvalue weighted by atomic mass is 16.5. The second-order valence-corrected chi connectivity index (χ2v) is 5.85. The van der Waals surface area contributed by atoms with E-state index in [1.807, 2.05) is 31.2 Å². The third kappa shape index (κ3) is 3.37. The number of hydrogen-bond acceptors (Lipinski definition) is 5. The average molecular weight is 328 g/mol. The van der Waals surface area contributed by atoms with Gasteiger partial charge in [-0.25, -0.2) is 4.79 Å². The Hall–Kier alpha value is -2.90. The van der Waals surface area contributed by atoms with E-state index in [1.165, 1.54) is 7.05 Å². The zero-order chi connectivity index (χ0) is 17.1. The number of aromatic nitrogens is 2. The second kappa shape index (κ2) is 6.69. The molecule has 2 amide bonds. The molecule has 1 aromatic carbocycles. The number of hydrogen-bond donors (Lipinski definition) is 3. The Morgan fingerprint density at radius 2 is 2.25 bits per heavy atom. The first-order valence-corrected chi connectivity index (χ1v) is 7.77. The van der Waals surface area contributed by atoms with Crippen molar-refractivity contribution in [3.05, 3.63) is 41.1 Å². The zero-order valence-electron chi connectivity index (χ0n) is 13.7. The van der Waals surface area contributed by atoms with Gasteiger partial charge in [0.25, 0.3) is 0 Å². The maximum atomic E-state index is 11.9. The highest BCUT2D eigenvalue weighted by Gasteiger charge is 2.30. The maximum Gasteiger partial charge on any atom is 0.344 e. The number of nitrogens with zero attached hydrogens (tertiary/aromatic N) is 3. The molecule has 2 aromatic rings. The Balaban J connectivity index is 1.79. The molecule has 0 radical (unpaired) electrons. The summed E-state index contributed by atoms with van der Waals surface area (Å²) in [5.41, 5.74) is 9.79. The van der Waals surface area contributed by atoms with Crippen molar-refractivity contribution in [3.63, 3.8) is 0 Å². The highest BCUT2D eigenvalue weighted by molar-refractivity contribution is 5.88. The Labute approximate surface area is 139 Å². The van der Waals surface area contributed by atoms with Gasteiger partial charge in [-0.15, -0.1) is 0 Å². The van der Waals surface area contributed by atoms with E-state index in [9.17, 15) is 4.79 Å². The van der Waals surface area contributed by atoms with Gasteiger partial charge < -0.3 is 4.74 Å². The van der Waals surface area contributed by atoms with E-state index in [0.717, 1.165) is 40.4 Å². The topological polar surface area (TPSA) is 106 Å². The van der Waals surface area contributed by atoms with Crippen molar-refractivity contribution in [1.29, 1.82) is 5.53 Å². The fourth-order valence-electron chi connectivity index (χ4n) is 2.43. The minimum absolute atomic E-state index is 0.310. The molecule has 3 N–H and O–H groups in total. The normalized spacial score (nSPS) is 13.4. The van der Waals surface area contributed by atoms with Crippen LogP contribution in [0, 0.1) is 12.5 Å². The summed E-state index contributed by atoms with van der Waals surface area (Å²) in [6.45, 7) is 2.30. The molecule has 0 atom stereocenters. The van der Waals surface area contributed by atoms with E-state index < -0.39 is 6.03 Å². The van der Waals surface area contributed by atoms with Crippen LogP contribution in [0.2, 0.25) is 0 Å².